The second-order valence-corrected chi connectivity index (χ2v) is 2.13. The van der Waals surface area contributed by atoms with Gasteiger partial charge in [-0.15, -0.1) is 19.7 Å². The van der Waals surface area contributed by atoms with Crippen LogP contribution in [0.25, 0.3) is 20.9 Å². The zero-order valence-corrected chi connectivity index (χ0v) is 9.79. The molecule has 21 heavy (non-hydrogen) atoms. The van der Waals surface area contributed by atoms with Gasteiger partial charge in [0.2, 0.25) is 0 Å². The number of azide groups is 2. The van der Waals surface area contributed by atoms with Crippen molar-refractivity contribution in [2.75, 3.05) is 19.7 Å². The molecule has 10 nitrogen and oxygen atoms in total. The Labute approximate surface area is 126 Å². The van der Waals surface area contributed by atoms with Crippen LogP contribution in [0.2, 0.25) is 0 Å². The summed E-state index contributed by atoms with van der Waals surface area (Å²) in [6, 6.07) is 0. The van der Waals surface area contributed by atoms with Crippen LogP contribution in [-0.2, 0) is 9.93 Å². The number of aliphatic hydroxyl groups excluding tert-OH is 1. The lowest BCUT2D eigenvalue weighted by atomic mass is 10.4. The molecule has 0 aliphatic heterocycles. The van der Waals surface area contributed by atoms with Crippen LogP contribution >= 0.6 is 0 Å². The zero-order valence-electron chi connectivity index (χ0n) is 9.79. The van der Waals surface area contributed by atoms with Gasteiger partial charge in [-0.3, -0.25) is 0 Å². The van der Waals surface area contributed by atoms with Crippen molar-refractivity contribution in [3.05, 3.63) is 46.7 Å². The maximum absolute atomic E-state index is 8.73. The number of hydrogen-bond acceptors (Lipinski definition) is 6. The van der Waals surface area contributed by atoms with Crippen LogP contribution in [0.1, 0.15) is 22.3 Å². The van der Waals surface area contributed by atoms with Crippen LogP contribution in [0.15, 0.2) is 36.0 Å². The molecule has 0 spiro atoms. The first-order chi connectivity index (χ1) is 8.72. The highest BCUT2D eigenvalue weighted by Gasteiger charge is 2.01. The van der Waals surface area contributed by atoms with Crippen molar-refractivity contribution in [2.24, 2.45) is 10.2 Å². The molecule has 0 bridgehead atoms. The first-order valence-electron chi connectivity index (χ1n) is 4.46. The topological polar surface area (TPSA) is 156 Å². The number of aliphatic hydroxyl groups is 1. The molecule has 0 aliphatic rings. The second-order valence-electron chi connectivity index (χ2n) is 2.13. The summed E-state index contributed by atoms with van der Waals surface area (Å²) in [5, 5.41) is 25.7. The molecule has 0 saturated heterocycles. The molecule has 0 heterocycles. The van der Waals surface area contributed by atoms with E-state index in [9.17, 15) is 0 Å². The van der Waals surface area contributed by atoms with Gasteiger partial charge in [-0.05, 0) is 11.1 Å². The van der Waals surface area contributed by atoms with Crippen molar-refractivity contribution in [1.29, 1.82) is 0 Å². The molecule has 0 radical (unpaired) electrons. The summed E-state index contributed by atoms with van der Waals surface area (Å²) in [4.78, 5) is 8.78. The minimum atomic E-state index is -0.956. The smallest absolute Gasteiger partial charge is 0.111 e. The maximum Gasteiger partial charge on any atom is 0.111 e. The fourth-order valence-electron chi connectivity index (χ4n) is 0.387. The molecule has 10 heteroatoms. The van der Waals surface area contributed by atoms with E-state index in [4.69, 9.17) is 21.4 Å². The molecule has 0 aromatic rings. The summed E-state index contributed by atoms with van der Waals surface area (Å²) in [5.41, 5.74) is 15.4. The summed E-state index contributed by atoms with van der Waals surface area (Å²) in [6.07, 6.45) is 0.586. The SMILES string of the molecule is C.C.C.C=C.C=CCN=[N+]=[N-].[N-]=[N+]=NCC(O)COOO. The first-order valence-corrected chi connectivity index (χ1v) is 4.46. The van der Waals surface area contributed by atoms with E-state index in [0.717, 1.165) is 0 Å². The van der Waals surface area contributed by atoms with Gasteiger partial charge in [-0.1, -0.05) is 43.6 Å². The van der Waals surface area contributed by atoms with Gasteiger partial charge in [0.15, 0.2) is 0 Å². The monoisotopic (exact) mass is 308 g/mol. The molecule has 0 aromatic heterocycles. The Kier molecular flexibility index (Phi) is 74.6. The van der Waals surface area contributed by atoms with Gasteiger partial charge in [-0.2, -0.15) is 0 Å². The molecule has 0 aliphatic carbocycles. The normalized spacial score (nSPS) is 7.71. The Morgan fingerprint density at radius 1 is 1.14 bits per heavy atom. The van der Waals surface area contributed by atoms with Crippen LogP contribution in [0, 0.1) is 0 Å². The molecule has 0 saturated carbocycles. The van der Waals surface area contributed by atoms with E-state index in [0.29, 0.717) is 6.54 Å². The largest absolute Gasteiger partial charge is 0.390 e. The average Bonchev–Trinajstić information content (AvgIpc) is 2.43. The van der Waals surface area contributed by atoms with Gasteiger partial charge in [0.05, 0.1) is 12.6 Å². The van der Waals surface area contributed by atoms with E-state index in [2.05, 4.69) is 49.7 Å². The Bertz CT molecular complexity index is 278. The lowest BCUT2D eigenvalue weighted by molar-refractivity contribution is -0.494. The van der Waals surface area contributed by atoms with Crippen molar-refractivity contribution in [1.82, 2.24) is 0 Å². The lowest BCUT2D eigenvalue weighted by Crippen LogP contribution is -2.17. The fourth-order valence-corrected chi connectivity index (χ4v) is 0.387. The standard InChI is InChI=1S/C3H7N3O4.C3H5N3.C2H4.3CH4/c4-6-5-1-3(7)2-9-10-8;1-2-3-5-6-4;1-2;;;/h3,7-8H,1-2H2;2H,1,3H2;1-2H2;3*1H4. The van der Waals surface area contributed by atoms with Gasteiger partial charge in [0.25, 0.3) is 0 Å². The fraction of sp³-hybridized carbons (Fsp3) is 0.636. The molecule has 0 rings (SSSR count). The molecule has 1 atom stereocenters. The van der Waals surface area contributed by atoms with Crippen molar-refractivity contribution >= 4 is 0 Å². The lowest BCUT2D eigenvalue weighted by Gasteiger charge is -2.02. The van der Waals surface area contributed by atoms with E-state index in [1.165, 1.54) is 0 Å². The van der Waals surface area contributed by atoms with Gasteiger partial charge in [0, 0.05) is 16.4 Å². The quantitative estimate of drug-likeness (QED) is 0.180. The van der Waals surface area contributed by atoms with E-state index in [-0.39, 0.29) is 35.4 Å². The van der Waals surface area contributed by atoms with Crippen molar-refractivity contribution in [2.45, 2.75) is 28.4 Å². The summed E-state index contributed by atoms with van der Waals surface area (Å²) in [5.74, 6) is 0. The Balaban J connectivity index is -0.0000000452. The molecule has 0 amide bonds. The Morgan fingerprint density at radius 3 is 1.90 bits per heavy atom. The zero-order chi connectivity index (χ0) is 14.6. The molecule has 0 fully saturated rings. The number of nitrogens with zero attached hydrogens (tertiary/aromatic N) is 6. The third-order valence-electron chi connectivity index (χ3n) is 0.943. The molecule has 126 valence electrons. The number of hydrogen-bond donors (Lipinski definition) is 2. The summed E-state index contributed by atoms with van der Waals surface area (Å²) < 4.78 is 0. The van der Waals surface area contributed by atoms with E-state index < -0.39 is 6.10 Å². The molecule has 0 aromatic carbocycles. The van der Waals surface area contributed by atoms with Gasteiger partial charge in [0.1, 0.15) is 6.61 Å². The molecule has 1 unspecified atom stereocenters. The maximum atomic E-state index is 8.73. The van der Waals surface area contributed by atoms with E-state index >= 15 is 0 Å². The molecule has 2 N–H and O–H groups in total. The third-order valence-corrected chi connectivity index (χ3v) is 0.943. The minimum Gasteiger partial charge on any atom is -0.390 e. The van der Waals surface area contributed by atoms with Crippen LogP contribution in [0.5, 0.6) is 0 Å². The number of rotatable bonds is 7. The highest BCUT2D eigenvalue weighted by Crippen LogP contribution is 1.86. The van der Waals surface area contributed by atoms with Gasteiger partial charge >= 0.3 is 0 Å². The van der Waals surface area contributed by atoms with Gasteiger partial charge < -0.3 is 5.11 Å². The van der Waals surface area contributed by atoms with E-state index in [1.54, 1.807) is 6.08 Å². The van der Waals surface area contributed by atoms with Gasteiger partial charge in [-0.25, -0.2) is 10.1 Å². The van der Waals surface area contributed by atoms with Crippen molar-refractivity contribution in [3.8, 4) is 0 Å². The molecular weight excluding hydrogens is 280 g/mol. The summed E-state index contributed by atoms with van der Waals surface area (Å²) >= 11 is 0. The van der Waals surface area contributed by atoms with Crippen LogP contribution in [-0.4, -0.2) is 36.2 Å². The highest BCUT2D eigenvalue weighted by atomic mass is 17.5. The predicted molar refractivity (Wildman–Crippen MR) is 85.3 cm³/mol. The predicted octanol–water partition coefficient (Wildman–Crippen LogP) is 4.27. The van der Waals surface area contributed by atoms with Crippen molar-refractivity contribution in [3.63, 3.8) is 0 Å². The first kappa shape index (κ1) is 36.4. The third kappa shape index (κ3) is 57.0. The van der Waals surface area contributed by atoms with Crippen molar-refractivity contribution < 1.29 is 20.3 Å². The Hall–Kier alpha value is -2.06. The molecular formula is C11H28N6O4. The van der Waals surface area contributed by atoms with Crippen LogP contribution < -0.4 is 0 Å². The summed E-state index contributed by atoms with van der Waals surface area (Å²) in [6.45, 7) is 9.37. The highest BCUT2D eigenvalue weighted by molar-refractivity contribution is 4.68. The van der Waals surface area contributed by atoms with E-state index in [1.807, 2.05) is 0 Å². The minimum absolute atomic E-state index is 0. The summed E-state index contributed by atoms with van der Waals surface area (Å²) in [7, 11) is 0. The second kappa shape index (κ2) is 43.0. The van der Waals surface area contributed by atoms with Crippen LogP contribution in [0.4, 0.5) is 0 Å². The average molecular weight is 308 g/mol. The van der Waals surface area contributed by atoms with Crippen LogP contribution in [0.3, 0.4) is 0 Å². The Morgan fingerprint density at radius 2 is 1.62 bits per heavy atom.